The maximum atomic E-state index is 13.2. The highest BCUT2D eigenvalue weighted by atomic mass is 32.2. The van der Waals surface area contributed by atoms with Gasteiger partial charge in [0.15, 0.2) is 0 Å². The number of nitrogens with one attached hydrogen (secondary N) is 3. The molecule has 0 saturated heterocycles. The Bertz CT molecular complexity index is 1510. The number of anilines is 3. The number of amides is 2. The fraction of sp³-hybridized carbons (Fsp3) is 0.167. The van der Waals surface area contributed by atoms with Gasteiger partial charge in [0.2, 0.25) is 15.9 Å². The lowest BCUT2D eigenvalue weighted by Gasteiger charge is -2.13. The molecule has 0 aliphatic rings. The predicted molar refractivity (Wildman–Crippen MR) is 132 cm³/mol. The topological polar surface area (TPSA) is 109 Å². The third-order valence-corrected chi connectivity index (χ3v) is 5.82. The Labute approximate surface area is 191 Å². The molecule has 170 valence electrons. The number of hydrogen-bond acceptors (Lipinski definition) is 4. The van der Waals surface area contributed by atoms with Gasteiger partial charge in [-0.05, 0) is 49.4 Å². The van der Waals surface area contributed by atoms with Gasteiger partial charge in [0, 0.05) is 46.6 Å². The summed E-state index contributed by atoms with van der Waals surface area (Å²) in [5.41, 5.74) is 3.33. The number of carbonyl (C=O) groups is 2. The van der Waals surface area contributed by atoms with Crippen LogP contribution in [0.15, 0.2) is 60.7 Å². The van der Waals surface area contributed by atoms with Gasteiger partial charge in [0.25, 0.3) is 5.91 Å². The molecule has 9 heteroatoms. The largest absolute Gasteiger partial charge is 0.341 e. The van der Waals surface area contributed by atoms with Crippen molar-refractivity contribution in [3.63, 3.8) is 0 Å². The Morgan fingerprint density at radius 2 is 1.55 bits per heavy atom. The molecule has 0 unspecified atom stereocenters. The van der Waals surface area contributed by atoms with E-state index in [0.717, 1.165) is 34.6 Å². The Balaban J connectivity index is 1.74. The predicted octanol–water partition coefficient (Wildman–Crippen LogP) is 4.40. The number of carbonyl (C=O) groups excluding carboxylic acids is 2. The fourth-order valence-electron chi connectivity index (χ4n) is 3.97. The van der Waals surface area contributed by atoms with Gasteiger partial charge in [-0.2, -0.15) is 0 Å². The summed E-state index contributed by atoms with van der Waals surface area (Å²) in [7, 11) is -3.62. The molecule has 4 rings (SSSR count). The Morgan fingerprint density at radius 3 is 2.24 bits per heavy atom. The van der Waals surface area contributed by atoms with Crippen LogP contribution in [0.4, 0.5) is 17.1 Å². The van der Waals surface area contributed by atoms with E-state index in [1.807, 2.05) is 36.4 Å². The summed E-state index contributed by atoms with van der Waals surface area (Å²) in [6.07, 6.45) is 1.01. The lowest BCUT2D eigenvalue weighted by molar-refractivity contribution is -0.114. The summed E-state index contributed by atoms with van der Waals surface area (Å²) < 4.78 is 28.1. The first kappa shape index (κ1) is 22.3. The molecule has 3 N–H and O–H groups in total. The molecule has 0 aliphatic heterocycles. The number of para-hydroxylation sites is 1. The second kappa shape index (κ2) is 8.59. The van der Waals surface area contributed by atoms with Crippen LogP contribution in [0.2, 0.25) is 0 Å². The zero-order chi connectivity index (χ0) is 23.8. The zero-order valence-electron chi connectivity index (χ0n) is 18.5. The Kier molecular flexibility index (Phi) is 5.82. The fourth-order valence-corrected chi connectivity index (χ4v) is 4.55. The van der Waals surface area contributed by atoms with Gasteiger partial charge in [-0.1, -0.05) is 18.2 Å². The van der Waals surface area contributed by atoms with Crippen molar-refractivity contribution in [2.24, 2.45) is 0 Å². The molecule has 0 fully saturated rings. The summed E-state index contributed by atoms with van der Waals surface area (Å²) >= 11 is 0. The van der Waals surface area contributed by atoms with Gasteiger partial charge in [-0.3, -0.25) is 14.3 Å². The molecule has 3 aromatic carbocycles. The molecule has 0 atom stereocenters. The van der Waals surface area contributed by atoms with Gasteiger partial charge >= 0.3 is 0 Å². The van der Waals surface area contributed by atoms with E-state index in [1.54, 1.807) is 0 Å². The van der Waals surface area contributed by atoms with Crippen molar-refractivity contribution < 1.29 is 18.0 Å². The van der Waals surface area contributed by atoms with Crippen LogP contribution in [0.3, 0.4) is 0 Å². The SMILES string of the molecule is CCn1c2ccccc2c2cc(NC(=O)c3cc(NC(C)=O)ccc3NS(C)(=O)=O)ccc21. The van der Waals surface area contributed by atoms with Crippen LogP contribution >= 0.6 is 0 Å². The minimum Gasteiger partial charge on any atom is -0.341 e. The van der Waals surface area contributed by atoms with Gasteiger partial charge < -0.3 is 15.2 Å². The van der Waals surface area contributed by atoms with E-state index in [4.69, 9.17) is 0 Å². The van der Waals surface area contributed by atoms with E-state index in [2.05, 4.69) is 32.9 Å². The first-order valence-electron chi connectivity index (χ1n) is 10.4. The van der Waals surface area contributed by atoms with Crippen molar-refractivity contribution in [3.8, 4) is 0 Å². The number of aryl methyl sites for hydroxylation is 1. The molecule has 1 heterocycles. The van der Waals surface area contributed by atoms with E-state index < -0.39 is 15.9 Å². The zero-order valence-corrected chi connectivity index (χ0v) is 19.3. The van der Waals surface area contributed by atoms with Crippen molar-refractivity contribution in [2.75, 3.05) is 21.6 Å². The summed E-state index contributed by atoms with van der Waals surface area (Å²) in [6, 6.07) is 18.2. The second-order valence-corrected chi connectivity index (χ2v) is 9.51. The summed E-state index contributed by atoms with van der Waals surface area (Å²) in [4.78, 5) is 24.6. The molecular weight excluding hydrogens is 440 g/mol. The third-order valence-electron chi connectivity index (χ3n) is 5.23. The monoisotopic (exact) mass is 464 g/mol. The van der Waals surface area contributed by atoms with Crippen LogP contribution in [-0.4, -0.2) is 31.1 Å². The molecular formula is C24H24N4O4S. The number of aromatic nitrogens is 1. The lowest BCUT2D eigenvalue weighted by Crippen LogP contribution is -2.18. The van der Waals surface area contributed by atoms with Crippen LogP contribution in [0, 0.1) is 0 Å². The van der Waals surface area contributed by atoms with Crippen molar-refractivity contribution in [1.82, 2.24) is 4.57 Å². The van der Waals surface area contributed by atoms with E-state index in [0.29, 0.717) is 11.4 Å². The molecule has 0 bridgehead atoms. The lowest BCUT2D eigenvalue weighted by atomic mass is 10.1. The van der Waals surface area contributed by atoms with Crippen molar-refractivity contribution >= 4 is 60.7 Å². The number of nitrogens with zero attached hydrogens (tertiary/aromatic N) is 1. The molecule has 0 aliphatic carbocycles. The van der Waals surface area contributed by atoms with E-state index >= 15 is 0 Å². The van der Waals surface area contributed by atoms with E-state index in [-0.39, 0.29) is 17.2 Å². The van der Waals surface area contributed by atoms with Gasteiger partial charge in [0.1, 0.15) is 0 Å². The number of fused-ring (bicyclic) bond motifs is 3. The number of sulfonamides is 1. The first-order chi connectivity index (χ1) is 15.7. The highest BCUT2D eigenvalue weighted by Crippen LogP contribution is 2.31. The summed E-state index contributed by atoms with van der Waals surface area (Å²) in [6.45, 7) is 4.25. The van der Waals surface area contributed by atoms with Crippen molar-refractivity contribution in [3.05, 3.63) is 66.2 Å². The van der Waals surface area contributed by atoms with Gasteiger partial charge in [-0.25, -0.2) is 8.42 Å². The van der Waals surface area contributed by atoms with Gasteiger partial charge in [0.05, 0.1) is 17.5 Å². The average Bonchev–Trinajstić information content (AvgIpc) is 3.06. The smallest absolute Gasteiger partial charge is 0.257 e. The van der Waals surface area contributed by atoms with E-state index in [1.165, 1.54) is 25.1 Å². The summed E-state index contributed by atoms with van der Waals surface area (Å²) in [5.74, 6) is -0.810. The van der Waals surface area contributed by atoms with E-state index in [9.17, 15) is 18.0 Å². The second-order valence-electron chi connectivity index (χ2n) is 7.76. The molecule has 8 nitrogen and oxygen atoms in total. The molecule has 33 heavy (non-hydrogen) atoms. The quantitative estimate of drug-likeness (QED) is 0.393. The molecule has 2 amide bonds. The average molecular weight is 465 g/mol. The van der Waals surface area contributed by atoms with Crippen LogP contribution in [-0.2, 0) is 21.4 Å². The maximum absolute atomic E-state index is 13.2. The highest BCUT2D eigenvalue weighted by molar-refractivity contribution is 7.92. The Hall–Kier alpha value is -3.85. The standard InChI is InChI=1S/C24H24N4O4S/c1-4-28-22-8-6-5-7-18(22)19-13-17(10-12-23(19)28)26-24(30)20-14-16(25-15(2)29)9-11-21(20)27-33(3,31)32/h5-14,27H,4H2,1-3H3,(H,25,29)(H,26,30). The molecule has 0 spiro atoms. The number of rotatable bonds is 6. The van der Waals surface area contributed by atoms with Crippen LogP contribution in [0.1, 0.15) is 24.2 Å². The maximum Gasteiger partial charge on any atom is 0.257 e. The van der Waals surface area contributed by atoms with Crippen molar-refractivity contribution in [2.45, 2.75) is 20.4 Å². The minimum atomic E-state index is -3.62. The van der Waals surface area contributed by atoms with Crippen LogP contribution in [0.5, 0.6) is 0 Å². The molecule has 0 saturated carbocycles. The highest BCUT2D eigenvalue weighted by Gasteiger charge is 2.17. The third kappa shape index (κ3) is 4.68. The first-order valence-corrected chi connectivity index (χ1v) is 12.3. The van der Waals surface area contributed by atoms with Crippen molar-refractivity contribution in [1.29, 1.82) is 0 Å². The van der Waals surface area contributed by atoms with Crippen LogP contribution in [0.25, 0.3) is 21.8 Å². The molecule has 4 aromatic rings. The minimum absolute atomic E-state index is 0.0859. The number of hydrogen-bond donors (Lipinski definition) is 3. The molecule has 1 aromatic heterocycles. The number of benzene rings is 3. The summed E-state index contributed by atoms with van der Waals surface area (Å²) in [5, 5.41) is 7.55. The normalized spacial score (nSPS) is 11.5. The van der Waals surface area contributed by atoms with Crippen LogP contribution < -0.4 is 15.4 Å². The molecule has 0 radical (unpaired) electrons. The van der Waals surface area contributed by atoms with Gasteiger partial charge in [-0.15, -0.1) is 0 Å². The Morgan fingerprint density at radius 1 is 0.879 bits per heavy atom.